The first-order chi connectivity index (χ1) is 17.7. The molecule has 0 saturated carbocycles. The van der Waals surface area contributed by atoms with Gasteiger partial charge in [0.1, 0.15) is 12.3 Å². The summed E-state index contributed by atoms with van der Waals surface area (Å²) in [5.41, 5.74) is 13.1. The van der Waals surface area contributed by atoms with Gasteiger partial charge in [-0.05, 0) is 60.4 Å². The molecule has 0 atom stereocenters. The van der Waals surface area contributed by atoms with Crippen molar-refractivity contribution >= 4 is 41.1 Å². The first-order valence-corrected chi connectivity index (χ1v) is 11.8. The second kappa shape index (κ2) is 13.1. The van der Waals surface area contributed by atoms with Crippen LogP contribution >= 0.6 is 11.6 Å². The van der Waals surface area contributed by atoms with Crippen molar-refractivity contribution in [2.24, 2.45) is 16.5 Å². The molecule has 0 bridgehead atoms. The highest BCUT2D eigenvalue weighted by molar-refractivity contribution is 6.31. The maximum absolute atomic E-state index is 12.7. The molecular weight excluding hydrogens is 496 g/mol. The van der Waals surface area contributed by atoms with Crippen LogP contribution in [-0.2, 0) is 22.6 Å². The van der Waals surface area contributed by atoms with Gasteiger partial charge in [-0.3, -0.25) is 9.59 Å². The second-order valence-electron chi connectivity index (χ2n) is 8.21. The van der Waals surface area contributed by atoms with E-state index in [2.05, 4.69) is 4.99 Å². The monoisotopic (exact) mass is 522 g/mol. The number of hydrogen-bond acceptors (Lipinski definition) is 5. The molecule has 0 spiro atoms. The van der Waals surface area contributed by atoms with Crippen LogP contribution in [0.3, 0.4) is 0 Å². The summed E-state index contributed by atoms with van der Waals surface area (Å²) >= 11 is 6.38. The number of nitrogens with two attached hydrogens (primary N) is 2. The molecule has 0 saturated heterocycles. The normalized spacial score (nSPS) is 10.4. The molecular formula is C27H27ClN4O5. The SMILES string of the molecule is NC(N)=Nc1ccc(C(=O)Oc2ccc(CCCC(=O)N(CC(=O)O)Cc3ccccc3)c(Cl)c2)cc1. The van der Waals surface area contributed by atoms with Crippen LogP contribution in [0.1, 0.15) is 34.3 Å². The number of rotatable bonds is 11. The molecule has 1 amide bonds. The highest BCUT2D eigenvalue weighted by Crippen LogP contribution is 2.25. The fraction of sp³-hybridized carbons (Fsp3) is 0.185. The lowest BCUT2D eigenvalue weighted by atomic mass is 10.1. The summed E-state index contributed by atoms with van der Waals surface area (Å²) in [6, 6.07) is 20.4. The summed E-state index contributed by atoms with van der Waals surface area (Å²) in [5.74, 6) is -1.69. The molecule has 0 unspecified atom stereocenters. The average Bonchev–Trinajstić information content (AvgIpc) is 2.85. The van der Waals surface area contributed by atoms with Gasteiger partial charge >= 0.3 is 11.9 Å². The summed E-state index contributed by atoms with van der Waals surface area (Å²) in [5, 5.41) is 9.59. The van der Waals surface area contributed by atoms with Crippen molar-refractivity contribution in [3.63, 3.8) is 0 Å². The lowest BCUT2D eigenvalue weighted by Gasteiger charge is -2.21. The molecule has 0 aliphatic carbocycles. The average molecular weight is 523 g/mol. The van der Waals surface area contributed by atoms with Crippen molar-refractivity contribution in [3.8, 4) is 5.75 Å². The fourth-order valence-electron chi connectivity index (χ4n) is 3.57. The van der Waals surface area contributed by atoms with Crippen molar-refractivity contribution < 1.29 is 24.2 Å². The lowest BCUT2D eigenvalue weighted by molar-refractivity contribution is -0.144. The van der Waals surface area contributed by atoms with E-state index in [-0.39, 0.29) is 37.1 Å². The number of benzene rings is 3. The van der Waals surface area contributed by atoms with Crippen molar-refractivity contribution in [1.29, 1.82) is 0 Å². The predicted molar refractivity (Wildman–Crippen MR) is 141 cm³/mol. The number of aliphatic imine (C=N–C) groups is 1. The summed E-state index contributed by atoms with van der Waals surface area (Å²) in [7, 11) is 0. The molecule has 10 heteroatoms. The zero-order chi connectivity index (χ0) is 26.8. The Morgan fingerprint density at radius 1 is 0.973 bits per heavy atom. The topological polar surface area (TPSA) is 148 Å². The number of esters is 1. The summed E-state index contributed by atoms with van der Waals surface area (Å²) in [6.07, 6.45) is 1.14. The first kappa shape index (κ1) is 27.2. The third kappa shape index (κ3) is 8.66. The van der Waals surface area contributed by atoms with Crippen LogP contribution in [0.15, 0.2) is 77.8 Å². The molecule has 3 aromatic rings. The number of aryl methyl sites for hydroxylation is 1. The van der Waals surface area contributed by atoms with E-state index in [0.29, 0.717) is 29.1 Å². The van der Waals surface area contributed by atoms with Gasteiger partial charge in [0.15, 0.2) is 5.96 Å². The number of guanidine groups is 1. The number of carbonyl (C=O) groups is 3. The molecule has 3 aromatic carbocycles. The highest BCUT2D eigenvalue weighted by Gasteiger charge is 2.17. The number of amides is 1. The van der Waals surface area contributed by atoms with Gasteiger partial charge in [-0.1, -0.05) is 48.0 Å². The highest BCUT2D eigenvalue weighted by atomic mass is 35.5. The largest absolute Gasteiger partial charge is 0.480 e. The van der Waals surface area contributed by atoms with E-state index in [1.807, 2.05) is 30.3 Å². The third-order valence-corrected chi connectivity index (χ3v) is 5.68. The van der Waals surface area contributed by atoms with Crippen molar-refractivity contribution in [2.45, 2.75) is 25.8 Å². The maximum Gasteiger partial charge on any atom is 0.343 e. The Morgan fingerprint density at radius 2 is 1.68 bits per heavy atom. The molecule has 3 rings (SSSR count). The molecule has 0 radical (unpaired) electrons. The number of carboxylic acids is 1. The predicted octanol–water partition coefficient (Wildman–Crippen LogP) is 3.90. The van der Waals surface area contributed by atoms with E-state index in [1.54, 1.807) is 36.4 Å². The van der Waals surface area contributed by atoms with E-state index in [4.69, 9.17) is 27.8 Å². The van der Waals surface area contributed by atoms with Gasteiger partial charge in [0.05, 0.1) is 11.3 Å². The summed E-state index contributed by atoms with van der Waals surface area (Å²) in [4.78, 5) is 41.6. The van der Waals surface area contributed by atoms with E-state index in [0.717, 1.165) is 11.1 Å². The molecule has 9 nitrogen and oxygen atoms in total. The molecule has 5 N–H and O–H groups in total. The minimum Gasteiger partial charge on any atom is -0.480 e. The zero-order valence-corrected chi connectivity index (χ0v) is 20.7. The van der Waals surface area contributed by atoms with Crippen LogP contribution < -0.4 is 16.2 Å². The van der Waals surface area contributed by atoms with Gasteiger partial charge < -0.3 is 26.2 Å². The summed E-state index contributed by atoms with van der Waals surface area (Å²) in [6.45, 7) is -0.143. The quantitative estimate of drug-likeness (QED) is 0.150. The number of aliphatic carboxylic acids is 1. The van der Waals surface area contributed by atoms with E-state index >= 15 is 0 Å². The van der Waals surface area contributed by atoms with Gasteiger partial charge in [0, 0.05) is 18.0 Å². The Hall–Kier alpha value is -4.37. The lowest BCUT2D eigenvalue weighted by Crippen LogP contribution is -2.35. The summed E-state index contributed by atoms with van der Waals surface area (Å²) < 4.78 is 5.40. The van der Waals surface area contributed by atoms with Crippen LogP contribution in [0.5, 0.6) is 5.75 Å². The first-order valence-electron chi connectivity index (χ1n) is 11.4. The Kier molecular flexibility index (Phi) is 9.62. The molecule has 0 fully saturated rings. The Bertz CT molecular complexity index is 1280. The molecule has 0 aliphatic heterocycles. The third-order valence-electron chi connectivity index (χ3n) is 5.33. The smallest absolute Gasteiger partial charge is 0.343 e. The van der Waals surface area contributed by atoms with Crippen LogP contribution in [0.2, 0.25) is 5.02 Å². The minimum atomic E-state index is -1.07. The Balaban J connectivity index is 1.55. The number of carbonyl (C=O) groups excluding carboxylic acids is 2. The van der Waals surface area contributed by atoms with E-state index < -0.39 is 11.9 Å². The fourth-order valence-corrected chi connectivity index (χ4v) is 3.83. The minimum absolute atomic E-state index is 0.0841. The maximum atomic E-state index is 12.7. The number of halogens is 1. The van der Waals surface area contributed by atoms with Crippen LogP contribution in [0.4, 0.5) is 5.69 Å². The Morgan fingerprint density at radius 3 is 2.30 bits per heavy atom. The van der Waals surface area contributed by atoms with Crippen LogP contribution in [0.25, 0.3) is 0 Å². The number of nitrogens with zero attached hydrogens (tertiary/aromatic N) is 2. The van der Waals surface area contributed by atoms with Crippen molar-refractivity contribution in [3.05, 3.63) is 94.5 Å². The molecule has 0 aromatic heterocycles. The van der Waals surface area contributed by atoms with E-state index in [1.165, 1.54) is 11.0 Å². The molecule has 192 valence electrons. The van der Waals surface area contributed by atoms with Crippen molar-refractivity contribution in [1.82, 2.24) is 4.90 Å². The van der Waals surface area contributed by atoms with Gasteiger partial charge in [0.2, 0.25) is 5.91 Å². The van der Waals surface area contributed by atoms with Gasteiger partial charge in [-0.2, -0.15) is 0 Å². The number of hydrogen-bond donors (Lipinski definition) is 3. The Labute approximate surface area is 219 Å². The number of ether oxygens (including phenoxy) is 1. The molecule has 37 heavy (non-hydrogen) atoms. The van der Waals surface area contributed by atoms with Crippen LogP contribution in [-0.4, -0.2) is 40.4 Å². The van der Waals surface area contributed by atoms with Gasteiger partial charge in [0.25, 0.3) is 0 Å². The van der Waals surface area contributed by atoms with Crippen LogP contribution in [0, 0.1) is 0 Å². The zero-order valence-electron chi connectivity index (χ0n) is 20.0. The van der Waals surface area contributed by atoms with E-state index in [9.17, 15) is 19.5 Å². The standard InChI is InChI=1S/C27H27ClN4O5/c28-23-15-22(37-26(36)20-9-12-21(13-10-20)31-27(29)30)14-11-19(23)7-4-8-24(33)32(17-25(34)35)16-18-5-2-1-3-6-18/h1-3,5-6,9-15H,4,7-8,16-17H2,(H,34,35)(H4,29,30,31). The van der Waals surface area contributed by atoms with Gasteiger partial charge in [-0.25, -0.2) is 9.79 Å². The number of carboxylic acid groups (broad SMARTS) is 1. The van der Waals surface area contributed by atoms with Gasteiger partial charge in [-0.15, -0.1) is 0 Å². The molecule has 0 aliphatic rings. The second-order valence-corrected chi connectivity index (χ2v) is 8.62. The van der Waals surface area contributed by atoms with Crippen molar-refractivity contribution in [2.75, 3.05) is 6.54 Å². The molecule has 0 heterocycles.